The smallest absolute Gasteiger partial charge is 0.257 e. The van der Waals surface area contributed by atoms with Gasteiger partial charge in [-0.1, -0.05) is 12.1 Å². The third-order valence-electron chi connectivity index (χ3n) is 3.04. The van der Waals surface area contributed by atoms with Gasteiger partial charge in [-0.15, -0.1) is 10.2 Å². The molecule has 1 aromatic carbocycles. The second-order valence-corrected chi connectivity index (χ2v) is 4.67. The maximum absolute atomic E-state index is 6.22. The Morgan fingerprint density at radius 2 is 2.05 bits per heavy atom. The zero-order valence-electron chi connectivity index (χ0n) is 10.6. The molecule has 0 saturated heterocycles. The molecule has 4 rings (SSSR count). The molecule has 4 aromatic rings. The fourth-order valence-corrected chi connectivity index (χ4v) is 2.35. The van der Waals surface area contributed by atoms with Crippen molar-refractivity contribution < 1.29 is 4.42 Å². The van der Waals surface area contributed by atoms with Crippen molar-refractivity contribution in [3.63, 3.8) is 0 Å². The standard InChI is InChI=1S/C14H8ClN5O/c15-13-17-11-6-2-1-5-10(11)12-18-19-14(20(12)13)16-8-9-4-3-7-21-9/h1-8H. The van der Waals surface area contributed by atoms with Crippen LogP contribution >= 0.6 is 11.6 Å². The van der Waals surface area contributed by atoms with Crippen molar-refractivity contribution in [2.24, 2.45) is 4.99 Å². The molecule has 0 aliphatic heterocycles. The van der Waals surface area contributed by atoms with Crippen LogP contribution in [-0.4, -0.2) is 25.8 Å². The van der Waals surface area contributed by atoms with Crippen molar-refractivity contribution in [1.82, 2.24) is 19.6 Å². The Balaban J connectivity index is 1.93. The summed E-state index contributed by atoms with van der Waals surface area (Å²) in [6, 6.07) is 11.2. The molecule has 0 spiro atoms. The molecule has 0 amide bonds. The number of aromatic nitrogens is 4. The summed E-state index contributed by atoms with van der Waals surface area (Å²) in [5, 5.41) is 9.34. The van der Waals surface area contributed by atoms with Crippen LogP contribution < -0.4 is 0 Å². The topological polar surface area (TPSA) is 68.6 Å². The lowest BCUT2D eigenvalue weighted by molar-refractivity contribution is 0.560. The lowest BCUT2D eigenvalue weighted by Crippen LogP contribution is -1.93. The minimum absolute atomic E-state index is 0.264. The largest absolute Gasteiger partial charge is 0.463 e. The molecule has 0 N–H and O–H groups in total. The monoisotopic (exact) mass is 297 g/mol. The van der Waals surface area contributed by atoms with Crippen LogP contribution in [0, 0.1) is 0 Å². The van der Waals surface area contributed by atoms with Gasteiger partial charge in [0.1, 0.15) is 5.76 Å². The Bertz CT molecular complexity index is 958. The van der Waals surface area contributed by atoms with E-state index in [1.165, 1.54) is 0 Å². The van der Waals surface area contributed by atoms with Crippen molar-refractivity contribution in [2.45, 2.75) is 0 Å². The molecule has 7 heteroatoms. The Kier molecular flexibility index (Phi) is 2.68. The number of nitrogens with zero attached hydrogens (tertiary/aromatic N) is 5. The summed E-state index contributed by atoms with van der Waals surface area (Å²) in [7, 11) is 0. The van der Waals surface area contributed by atoms with E-state index in [0.29, 0.717) is 17.4 Å². The number of benzene rings is 1. The number of hydrogen-bond acceptors (Lipinski definition) is 5. The van der Waals surface area contributed by atoms with Crippen LogP contribution in [-0.2, 0) is 0 Å². The van der Waals surface area contributed by atoms with Crippen molar-refractivity contribution in [3.8, 4) is 0 Å². The average Bonchev–Trinajstić information content (AvgIpc) is 3.15. The van der Waals surface area contributed by atoms with Crippen LogP contribution in [0.5, 0.6) is 0 Å². The molecule has 6 nitrogen and oxygen atoms in total. The first-order chi connectivity index (χ1) is 10.3. The first kappa shape index (κ1) is 12.0. The summed E-state index contributed by atoms with van der Waals surface area (Å²) < 4.78 is 6.79. The second-order valence-electron chi connectivity index (χ2n) is 4.33. The molecule has 21 heavy (non-hydrogen) atoms. The Morgan fingerprint density at radius 1 is 1.14 bits per heavy atom. The molecule has 0 radical (unpaired) electrons. The fourth-order valence-electron chi connectivity index (χ4n) is 2.10. The molecule has 0 atom stereocenters. The van der Waals surface area contributed by atoms with Gasteiger partial charge < -0.3 is 4.42 Å². The Morgan fingerprint density at radius 3 is 2.90 bits per heavy atom. The van der Waals surface area contributed by atoms with Crippen molar-refractivity contribution in [3.05, 3.63) is 53.7 Å². The fraction of sp³-hybridized carbons (Fsp3) is 0. The third-order valence-corrected chi connectivity index (χ3v) is 3.29. The van der Waals surface area contributed by atoms with Gasteiger partial charge in [0.05, 0.1) is 18.0 Å². The highest BCUT2D eigenvalue weighted by molar-refractivity contribution is 6.29. The van der Waals surface area contributed by atoms with Gasteiger partial charge in [-0.05, 0) is 35.9 Å². The predicted octanol–water partition coefficient (Wildman–Crippen LogP) is 3.27. The van der Waals surface area contributed by atoms with Crippen LogP contribution in [0.3, 0.4) is 0 Å². The van der Waals surface area contributed by atoms with Crippen LogP contribution in [0.15, 0.2) is 52.1 Å². The van der Waals surface area contributed by atoms with Gasteiger partial charge in [-0.3, -0.25) is 0 Å². The molecule has 0 fully saturated rings. The van der Waals surface area contributed by atoms with Crippen LogP contribution in [0.4, 0.5) is 5.95 Å². The van der Waals surface area contributed by atoms with Crippen LogP contribution in [0.1, 0.15) is 5.76 Å². The number of aliphatic imine (C=N–C) groups is 1. The molecule has 0 aliphatic carbocycles. The summed E-state index contributed by atoms with van der Waals surface area (Å²) >= 11 is 6.22. The molecule has 0 bridgehead atoms. The zero-order chi connectivity index (χ0) is 14.2. The number of halogens is 1. The minimum Gasteiger partial charge on any atom is -0.463 e. The normalized spacial score (nSPS) is 11.9. The second kappa shape index (κ2) is 4.68. The number of rotatable bonds is 2. The van der Waals surface area contributed by atoms with Crippen molar-refractivity contribution in [2.75, 3.05) is 0 Å². The summed E-state index contributed by atoms with van der Waals surface area (Å²) in [4.78, 5) is 8.58. The van der Waals surface area contributed by atoms with Crippen LogP contribution in [0.25, 0.3) is 16.6 Å². The van der Waals surface area contributed by atoms with Gasteiger partial charge in [-0.2, -0.15) is 0 Å². The highest BCUT2D eigenvalue weighted by Gasteiger charge is 2.12. The average molecular weight is 298 g/mol. The van der Waals surface area contributed by atoms with Gasteiger partial charge in [0, 0.05) is 5.39 Å². The summed E-state index contributed by atoms with van der Waals surface area (Å²) in [5.74, 6) is 0.973. The van der Waals surface area contributed by atoms with E-state index in [1.807, 2.05) is 24.3 Å². The predicted molar refractivity (Wildman–Crippen MR) is 79.3 cm³/mol. The van der Waals surface area contributed by atoms with Gasteiger partial charge in [0.2, 0.25) is 5.28 Å². The lowest BCUT2D eigenvalue weighted by Gasteiger charge is -2.01. The Labute approximate surface area is 123 Å². The molecule has 102 valence electrons. The molecule has 0 unspecified atom stereocenters. The van der Waals surface area contributed by atoms with Gasteiger partial charge in [0.15, 0.2) is 5.65 Å². The number of fused-ring (bicyclic) bond motifs is 3. The first-order valence-corrected chi connectivity index (χ1v) is 6.58. The third kappa shape index (κ3) is 1.96. The molecule has 3 heterocycles. The summed E-state index contributed by atoms with van der Waals surface area (Å²) in [6.07, 6.45) is 3.13. The summed E-state index contributed by atoms with van der Waals surface area (Å²) in [6.45, 7) is 0. The van der Waals surface area contributed by atoms with E-state index in [1.54, 1.807) is 29.0 Å². The molecule has 3 aromatic heterocycles. The van der Waals surface area contributed by atoms with Crippen LogP contribution in [0.2, 0.25) is 5.28 Å². The lowest BCUT2D eigenvalue weighted by atomic mass is 10.2. The highest BCUT2D eigenvalue weighted by atomic mass is 35.5. The SMILES string of the molecule is Clc1nc2ccccc2c2nnc(N=Cc3ccco3)n12. The van der Waals surface area contributed by atoms with E-state index in [-0.39, 0.29) is 5.28 Å². The van der Waals surface area contributed by atoms with E-state index in [2.05, 4.69) is 20.2 Å². The maximum Gasteiger partial charge on any atom is 0.257 e. The quantitative estimate of drug-likeness (QED) is 0.420. The highest BCUT2D eigenvalue weighted by Crippen LogP contribution is 2.24. The number of furan rings is 1. The van der Waals surface area contributed by atoms with Crippen molar-refractivity contribution >= 4 is 40.3 Å². The molecule has 0 aliphatic rings. The maximum atomic E-state index is 6.22. The molecule has 0 saturated carbocycles. The molecular weight excluding hydrogens is 290 g/mol. The van der Waals surface area contributed by atoms with E-state index >= 15 is 0 Å². The van der Waals surface area contributed by atoms with E-state index in [9.17, 15) is 0 Å². The molecular formula is C14H8ClN5O. The van der Waals surface area contributed by atoms with Gasteiger partial charge in [-0.25, -0.2) is 14.4 Å². The Hall–Kier alpha value is -2.73. The van der Waals surface area contributed by atoms with Crippen molar-refractivity contribution in [1.29, 1.82) is 0 Å². The first-order valence-electron chi connectivity index (χ1n) is 6.20. The van der Waals surface area contributed by atoms with Gasteiger partial charge in [0.25, 0.3) is 5.95 Å². The minimum atomic E-state index is 0.264. The van der Waals surface area contributed by atoms with E-state index < -0.39 is 0 Å². The zero-order valence-corrected chi connectivity index (χ0v) is 11.4. The van der Waals surface area contributed by atoms with E-state index in [4.69, 9.17) is 16.0 Å². The van der Waals surface area contributed by atoms with Gasteiger partial charge >= 0.3 is 0 Å². The summed E-state index contributed by atoms with van der Waals surface area (Å²) in [5.41, 5.74) is 1.39. The van der Waals surface area contributed by atoms with E-state index in [0.717, 1.165) is 10.9 Å². The number of hydrogen-bond donors (Lipinski definition) is 0. The number of para-hydroxylation sites is 1.